The Morgan fingerprint density at radius 1 is 1.00 bits per heavy atom. The molecule has 1 fully saturated rings. The Kier molecular flexibility index (Phi) is 3.84. The molecule has 2 aromatic carbocycles. The van der Waals surface area contributed by atoms with E-state index >= 15 is 0 Å². The first-order valence-corrected chi connectivity index (χ1v) is 7.45. The second-order valence-electron chi connectivity index (χ2n) is 6.14. The first-order valence-electron chi connectivity index (χ1n) is 7.45. The van der Waals surface area contributed by atoms with Crippen LogP contribution in [0.2, 0.25) is 0 Å². The molecule has 2 aromatic rings. The fraction of sp³-hybridized carbons (Fsp3) is 0.333. The van der Waals surface area contributed by atoms with Gasteiger partial charge >= 0.3 is 0 Å². The molecule has 1 aliphatic heterocycles. The summed E-state index contributed by atoms with van der Waals surface area (Å²) in [5.74, 6) is 1.75. The predicted molar refractivity (Wildman–Crippen MR) is 87.3 cm³/mol. The summed E-state index contributed by atoms with van der Waals surface area (Å²) in [6.45, 7) is 7.52. The van der Waals surface area contributed by atoms with Gasteiger partial charge in [-0.2, -0.15) is 0 Å². The number of rotatable bonds is 3. The number of para-hydroxylation sites is 1. The van der Waals surface area contributed by atoms with Gasteiger partial charge in [-0.25, -0.2) is 0 Å². The summed E-state index contributed by atoms with van der Waals surface area (Å²) in [5, 5.41) is 3.54. The maximum absolute atomic E-state index is 5.92. The highest BCUT2D eigenvalue weighted by molar-refractivity contribution is 5.52. The van der Waals surface area contributed by atoms with Gasteiger partial charge in [0.15, 0.2) is 0 Å². The maximum Gasteiger partial charge on any atom is 0.129 e. The van der Waals surface area contributed by atoms with Gasteiger partial charge in [-0.05, 0) is 38.1 Å². The molecule has 0 amide bonds. The third kappa shape index (κ3) is 3.56. The highest BCUT2D eigenvalue weighted by Gasteiger charge is 2.25. The lowest BCUT2D eigenvalue weighted by Gasteiger charge is -2.40. The second kappa shape index (κ2) is 5.78. The number of nitrogens with zero attached hydrogens (tertiary/aromatic N) is 1. The zero-order valence-electron chi connectivity index (χ0n) is 12.7. The second-order valence-corrected chi connectivity index (χ2v) is 6.14. The summed E-state index contributed by atoms with van der Waals surface area (Å²) >= 11 is 0. The Labute approximate surface area is 126 Å². The van der Waals surface area contributed by atoms with Crippen LogP contribution in [0.25, 0.3) is 0 Å². The Balaban J connectivity index is 1.77. The van der Waals surface area contributed by atoms with Crippen LogP contribution in [0.3, 0.4) is 0 Å². The molecule has 1 heterocycles. The van der Waals surface area contributed by atoms with Crippen molar-refractivity contribution >= 4 is 5.69 Å². The van der Waals surface area contributed by atoms with E-state index in [-0.39, 0.29) is 5.54 Å². The van der Waals surface area contributed by atoms with Crippen molar-refractivity contribution in [2.24, 2.45) is 0 Å². The molecule has 0 radical (unpaired) electrons. The topological polar surface area (TPSA) is 24.5 Å². The summed E-state index contributed by atoms with van der Waals surface area (Å²) < 4.78 is 5.92. The molecule has 0 unspecified atom stereocenters. The molecule has 0 aliphatic carbocycles. The molecule has 0 aromatic heterocycles. The van der Waals surface area contributed by atoms with Crippen molar-refractivity contribution in [3.8, 4) is 11.5 Å². The van der Waals surface area contributed by atoms with Gasteiger partial charge in [-0.15, -0.1) is 0 Å². The van der Waals surface area contributed by atoms with Crippen molar-refractivity contribution in [3.05, 3.63) is 54.6 Å². The number of piperazine rings is 1. The van der Waals surface area contributed by atoms with Crippen LogP contribution in [0.4, 0.5) is 5.69 Å². The smallest absolute Gasteiger partial charge is 0.129 e. The Bertz CT molecular complexity index is 595. The van der Waals surface area contributed by atoms with Gasteiger partial charge in [0.2, 0.25) is 0 Å². The van der Waals surface area contributed by atoms with Gasteiger partial charge in [-0.1, -0.05) is 24.3 Å². The molecule has 0 spiro atoms. The predicted octanol–water partition coefficient (Wildman–Crippen LogP) is 3.67. The number of hydrogen-bond donors (Lipinski definition) is 1. The van der Waals surface area contributed by atoms with E-state index in [9.17, 15) is 0 Å². The van der Waals surface area contributed by atoms with E-state index in [2.05, 4.69) is 42.3 Å². The van der Waals surface area contributed by atoms with E-state index in [4.69, 9.17) is 4.74 Å². The molecule has 21 heavy (non-hydrogen) atoms. The first kappa shape index (κ1) is 14.0. The van der Waals surface area contributed by atoms with Crippen molar-refractivity contribution in [2.75, 3.05) is 24.5 Å². The lowest BCUT2D eigenvalue weighted by atomic mass is 10.0. The number of ether oxygens (including phenoxy) is 1. The third-order valence-electron chi connectivity index (χ3n) is 3.73. The van der Waals surface area contributed by atoms with Crippen LogP contribution in [0.15, 0.2) is 54.6 Å². The third-order valence-corrected chi connectivity index (χ3v) is 3.73. The van der Waals surface area contributed by atoms with Crippen LogP contribution in [-0.2, 0) is 0 Å². The van der Waals surface area contributed by atoms with E-state index in [1.54, 1.807) is 0 Å². The van der Waals surface area contributed by atoms with Crippen LogP contribution in [0, 0.1) is 0 Å². The lowest BCUT2D eigenvalue weighted by Crippen LogP contribution is -2.57. The summed E-state index contributed by atoms with van der Waals surface area (Å²) in [7, 11) is 0. The van der Waals surface area contributed by atoms with E-state index in [0.29, 0.717) is 0 Å². The maximum atomic E-state index is 5.92. The SMILES string of the molecule is CC1(C)CN(c2cccc(Oc3ccccc3)c2)CCN1. The minimum Gasteiger partial charge on any atom is -0.457 e. The molecule has 0 saturated carbocycles. The van der Waals surface area contributed by atoms with Crippen molar-refractivity contribution in [1.29, 1.82) is 0 Å². The van der Waals surface area contributed by atoms with Crippen LogP contribution in [0.1, 0.15) is 13.8 Å². The molecule has 0 atom stereocenters. The quantitative estimate of drug-likeness (QED) is 0.929. The Morgan fingerprint density at radius 2 is 1.76 bits per heavy atom. The fourth-order valence-electron chi connectivity index (χ4n) is 2.73. The van der Waals surface area contributed by atoms with Crippen molar-refractivity contribution in [2.45, 2.75) is 19.4 Å². The highest BCUT2D eigenvalue weighted by atomic mass is 16.5. The molecule has 1 saturated heterocycles. The van der Waals surface area contributed by atoms with Gasteiger partial charge in [0.05, 0.1) is 0 Å². The molecule has 0 bridgehead atoms. The standard InChI is InChI=1S/C18H22N2O/c1-18(2)14-20(12-11-19-18)15-7-6-10-17(13-15)21-16-8-4-3-5-9-16/h3-10,13,19H,11-12,14H2,1-2H3. The lowest BCUT2D eigenvalue weighted by molar-refractivity contribution is 0.353. The van der Waals surface area contributed by atoms with E-state index in [0.717, 1.165) is 31.1 Å². The Morgan fingerprint density at radius 3 is 2.52 bits per heavy atom. The molecular weight excluding hydrogens is 260 g/mol. The highest BCUT2D eigenvalue weighted by Crippen LogP contribution is 2.27. The normalized spacial score (nSPS) is 17.5. The molecular formula is C18H22N2O. The molecule has 1 N–H and O–H groups in total. The minimum atomic E-state index is 0.147. The number of hydrogen-bond acceptors (Lipinski definition) is 3. The number of anilines is 1. The van der Waals surface area contributed by atoms with Gasteiger partial charge in [0.1, 0.15) is 11.5 Å². The molecule has 3 rings (SSSR count). The van der Waals surface area contributed by atoms with E-state index in [1.807, 2.05) is 36.4 Å². The fourth-order valence-corrected chi connectivity index (χ4v) is 2.73. The summed E-state index contributed by atoms with van der Waals surface area (Å²) in [5.41, 5.74) is 1.37. The van der Waals surface area contributed by atoms with E-state index < -0.39 is 0 Å². The monoisotopic (exact) mass is 282 g/mol. The summed E-state index contributed by atoms with van der Waals surface area (Å²) in [6.07, 6.45) is 0. The number of nitrogens with one attached hydrogen (secondary N) is 1. The molecule has 110 valence electrons. The van der Waals surface area contributed by atoms with Gasteiger partial charge in [0.25, 0.3) is 0 Å². The van der Waals surface area contributed by atoms with Gasteiger partial charge < -0.3 is 15.0 Å². The van der Waals surface area contributed by atoms with Crippen molar-refractivity contribution in [1.82, 2.24) is 5.32 Å². The minimum absolute atomic E-state index is 0.147. The molecule has 3 nitrogen and oxygen atoms in total. The zero-order valence-corrected chi connectivity index (χ0v) is 12.7. The molecule has 3 heteroatoms. The van der Waals surface area contributed by atoms with Crippen molar-refractivity contribution in [3.63, 3.8) is 0 Å². The van der Waals surface area contributed by atoms with E-state index in [1.165, 1.54) is 5.69 Å². The summed E-state index contributed by atoms with van der Waals surface area (Å²) in [4.78, 5) is 2.41. The van der Waals surface area contributed by atoms with Gasteiger partial charge in [-0.3, -0.25) is 0 Å². The average molecular weight is 282 g/mol. The molecule has 1 aliphatic rings. The van der Waals surface area contributed by atoms with Crippen LogP contribution in [-0.4, -0.2) is 25.2 Å². The van der Waals surface area contributed by atoms with Crippen LogP contribution >= 0.6 is 0 Å². The average Bonchev–Trinajstić information content (AvgIpc) is 2.47. The van der Waals surface area contributed by atoms with Crippen molar-refractivity contribution < 1.29 is 4.74 Å². The summed E-state index contributed by atoms with van der Waals surface area (Å²) in [6, 6.07) is 18.2. The van der Waals surface area contributed by atoms with Crippen LogP contribution < -0.4 is 15.0 Å². The first-order chi connectivity index (χ1) is 10.1. The number of benzene rings is 2. The Hall–Kier alpha value is -2.00. The zero-order chi connectivity index (χ0) is 14.7. The van der Waals surface area contributed by atoms with Gasteiger partial charge in [0, 0.05) is 36.9 Å². The van der Waals surface area contributed by atoms with Crippen LogP contribution in [0.5, 0.6) is 11.5 Å². The largest absolute Gasteiger partial charge is 0.457 e.